The van der Waals surface area contributed by atoms with E-state index < -0.39 is 0 Å². The van der Waals surface area contributed by atoms with Crippen molar-refractivity contribution in [2.75, 3.05) is 26.6 Å². The zero-order valence-electron chi connectivity index (χ0n) is 14.5. The minimum Gasteiger partial charge on any atom is -0.495 e. The first-order valence-corrected chi connectivity index (χ1v) is 8.44. The quantitative estimate of drug-likeness (QED) is 0.710. The van der Waals surface area contributed by atoms with Gasteiger partial charge in [-0.25, -0.2) is 0 Å². The molecule has 0 fully saturated rings. The van der Waals surface area contributed by atoms with Crippen LogP contribution in [0.1, 0.15) is 5.56 Å². The van der Waals surface area contributed by atoms with Crippen molar-refractivity contribution >= 4 is 22.2 Å². The molecule has 0 saturated heterocycles. The highest BCUT2D eigenvalue weighted by Gasteiger charge is 2.12. The summed E-state index contributed by atoms with van der Waals surface area (Å²) in [5, 5.41) is 13.2. The average molecular weight is 357 g/mol. The summed E-state index contributed by atoms with van der Waals surface area (Å²) in [6.45, 7) is 2.03. The summed E-state index contributed by atoms with van der Waals surface area (Å²) in [5.41, 5.74) is 2.91. The average Bonchev–Trinajstić information content (AvgIpc) is 3.10. The molecule has 1 heterocycles. The van der Waals surface area contributed by atoms with Gasteiger partial charge in [-0.15, -0.1) is 10.2 Å². The first-order valence-electron chi connectivity index (χ1n) is 7.62. The van der Waals surface area contributed by atoms with Crippen LogP contribution >= 0.6 is 11.3 Å². The predicted octanol–water partition coefficient (Wildman–Crippen LogP) is 4.28. The topological polar surface area (TPSA) is 65.5 Å². The molecule has 3 aromatic rings. The first kappa shape index (κ1) is 17.0. The van der Waals surface area contributed by atoms with Crippen LogP contribution in [0.3, 0.4) is 0 Å². The van der Waals surface area contributed by atoms with E-state index >= 15 is 0 Å². The molecular weight excluding hydrogens is 338 g/mol. The Bertz CT molecular complexity index is 880. The molecule has 0 radical (unpaired) electrons. The lowest BCUT2D eigenvalue weighted by molar-refractivity contribution is 0.355. The number of aromatic nitrogens is 2. The highest BCUT2D eigenvalue weighted by atomic mass is 32.1. The minimum atomic E-state index is 0.657. The minimum absolute atomic E-state index is 0.657. The summed E-state index contributed by atoms with van der Waals surface area (Å²) in [5.74, 6) is 2.09. The van der Waals surface area contributed by atoms with Crippen LogP contribution in [-0.4, -0.2) is 31.5 Å². The fourth-order valence-corrected chi connectivity index (χ4v) is 3.15. The Kier molecular flexibility index (Phi) is 5.04. The van der Waals surface area contributed by atoms with Crippen molar-refractivity contribution in [3.63, 3.8) is 0 Å². The lowest BCUT2D eigenvalue weighted by Gasteiger charge is -2.09. The molecule has 0 saturated carbocycles. The maximum atomic E-state index is 5.38. The number of aryl methyl sites for hydroxylation is 1. The lowest BCUT2D eigenvalue weighted by Crippen LogP contribution is -1.94. The molecule has 0 unspecified atom stereocenters. The SMILES string of the molecule is COc1ccc(C)cc1Nc1nnc(-c2ccc(OC)c(OC)c2)s1. The zero-order chi connectivity index (χ0) is 17.8. The molecule has 7 heteroatoms. The van der Waals surface area contributed by atoms with Crippen LogP contribution in [0.5, 0.6) is 17.2 Å². The molecule has 0 bridgehead atoms. The number of ether oxygens (including phenoxy) is 3. The molecule has 0 atom stereocenters. The molecule has 1 N–H and O–H groups in total. The van der Waals surface area contributed by atoms with Gasteiger partial charge in [-0.1, -0.05) is 17.4 Å². The molecule has 0 amide bonds. The first-order chi connectivity index (χ1) is 12.1. The Morgan fingerprint density at radius 1 is 0.840 bits per heavy atom. The third kappa shape index (κ3) is 3.66. The van der Waals surface area contributed by atoms with Crippen molar-refractivity contribution in [2.45, 2.75) is 6.92 Å². The van der Waals surface area contributed by atoms with Crippen molar-refractivity contribution in [1.29, 1.82) is 0 Å². The van der Waals surface area contributed by atoms with Crippen molar-refractivity contribution < 1.29 is 14.2 Å². The molecule has 0 aliphatic heterocycles. The molecular formula is C18H19N3O3S. The maximum absolute atomic E-state index is 5.38. The summed E-state index contributed by atoms with van der Waals surface area (Å²) in [6.07, 6.45) is 0. The van der Waals surface area contributed by atoms with E-state index in [0.29, 0.717) is 16.6 Å². The van der Waals surface area contributed by atoms with Gasteiger partial charge in [-0.3, -0.25) is 0 Å². The largest absolute Gasteiger partial charge is 0.495 e. The molecule has 0 spiro atoms. The molecule has 0 aliphatic carbocycles. The molecule has 25 heavy (non-hydrogen) atoms. The van der Waals surface area contributed by atoms with Gasteiger partial charge in [0.25, 0.3) is 0 Å². The highest BCUT2D eigenvalue weighted by molar-refractivity contribution is 7.18. The molecule has 0 aliphatic rings. The number of hydrogen-bond donors (Lipinski definition) is 1. The van der Waals surface area contributed by atoms with Crippen molar-refractivity contribution in [2.24, 2.45) is 0 Å². The smallest absolute Gasteiger partial charge is 0.210 e. The Hall–Kier alpha value is -2.80. The number of nitrogens with zero attached hydrogens (tertiary/aromatic N) is 2. The number of rotatable bonds is 6. The van der Waals surface area contributed by atoms with E-state index in [9.17, 15) is 0 Å². The number of anilines is 2. The molecule has 3 rings (SSSR count). The zero-order valence-corrected chi connectivity index (χ0v) is 15.3. The second-order valence-corrected chi connectivity index (χ2v) is 6.29. The van der Waals surface area contributed by atoms with Crippen molar-refractivity contribution in [3.05, 3.63) is 42.0 Å². The van der Waals surface area contributed by atoms with Gasteiger partial charge in [0, 0.05) is 5.56 Å². The second kappa shape index (κ2) is 7.40. The predicted molar refractivity (Wildman–Crippen MR) is 99.5 cm³/mol. The van der Waals surface area contributed by atoms with Gasteiger partial charge < -0.3 is 19.5 Å². The standard InChI is InChI=1S/C18H19N3O3S/c1-11-5-7-14(22-2)13(9-11)19-18-21-20-17(25-18)12-6-8-15(23-3)16(10-12)24-4/h5-10H,1-4H3,(H,19,21). The summed E-state index contributed by atoms with van der Waals surface area (Å²) >= 11 is 1.45. The molecule has 1 aromatic heterocycles. The van der Waals surface area contributed by atoms with Crippen LogP contribution in [0.2, 0.25) is 0 Å². The molecule has 6 nitrogen and oxygen atoms in total. The summed E-state index contributed by atoms with van der Waals surface area (Å²) in [6, 6.07) is 11.6. The Morgan fingerprint density at radius 3 is 2.28 bits per heavy atom. The number of nitrogens with one attached hydrogen (secondary N) is 1. The van der Waals surface area contributed by atoms with Gasteiger partial charge in [-0.2, -0.15) is 0 Å². The van der Waals surface area contributed by atoms with E-state index in [1.807, 2.05) is 43.3 Å². The van der Waals surface area contributed by atoms with Crippen molar-refractivity contribution in [3.8, 4) is 27.8 Å². The summed E-state index contributed by atoms with van der Waals surface area (Å²) in [7, 11) is 4.86. The van der Waals surface area contributed by atoms with Crippen LogP contribution in [0.4, 0.5) is 10.8 Å². The van der Waals surface area contributed by atoms with Gasteiger partial charge in [-0.05, 0) is 42.8 Å². The van der Waals surface area contributed by atoms with Gasteiger partial charge in [0.1, 0.15) is 10.8 Å². The normalized spacial score (nSPS) is 10.4. The van der Waals surface area contributed by atoms with Gasteiger partial charge in [0.15, 0.2) is 11.5 Å². The van der Waals surface area contributed by atoms with Gasteiger partial charge in [0.05, 0.1) is 27.0 Å². The van der Waals surface area contributed by atoms with Crippen LogP contribution in [0, 0.1) is 6.92 Å². The Labute approximate surface area is 150 Å². The molecule has 130 valence electrons. The number of benzene rings is 2. The van der Waals surface area contributed by atoms with Crippen molar-refractivity contribution in [1.82, 2.24) is 10.2 Å². The Balaban J connectivity index is 1.87. The lowest BCUT2D eigenvalue weighted by atomic mass is 10.2. The van der Waals surface area contributed by atoms with Crippen LogP contribution in [-0.2, 0) is 0 Å². The summed E-state index contributed by atoms with van der Waals surface area (Å²) < 4.78 is 16.0. The van der Waals surface area contributed by atoms with Crippen LogP contribution in [0.25, 0.3) is 10.6 Å². The van der Waals surface area contributed by atoms with E-state index in [0.717, 1.165) is 27.6 Å². The van der Waals surface area contributed by atoms with Gasteiger partial charge >= 0.3 is 0 Å². The van der Waals surface area contributed by atoms with E-state index in [1.165, 1.54) is 11.3 Å². The summed E-state index contributed by atoms with van der Waals surface area (Å²) in [4.78, 5) is 0. The second-order valence-electron chi connectivity index (χ2n) is 5.31. The van der Waals surface area contributed by atoms with E-state index in [2.05, 4.69) is 15.5 Å². The number of methoxy groups -OCH3 is 3. The third-order valence-corrected chi connectivity index (χ3v) is 4.54. The van der Waals surface area contributed by atoms with E-state index in [4.69, 9.17) is 14.2 Å². The van der Waals surface area contributed by atoms with E-state index in [-0.39, 0.29) is 0 Å². The van der Waals surface area contributed by atoms with Crippen LogP contribution < -0.4 is 19.5 Å². The highest BCUT2D eigenvalue weighted by Crippen LogP contribution is 2.36. The fourth-order valence-electron chi connectivity index (χ4n) is 2.39. The monoisotopic (exact) mass is 357 g/mol. The number of hydrogen-bond acceptors (Lipinski definition) is 7. The van der Waals surface area contributed by atoms with Gasteiger partial charge in [0.2, 0.25) is 5.13 Å². The molecule has 2 aromatic carbocycles. The third-order valence-electron chi connectivity index (χ3n) is 3.65. The van der Waals surface area contributed by atoms with Crippen LogP contribution in [0.15, 0.2) is 36.4 Å². The van der Waals surface area contributed by atoms with E-state index in [1.54, 1.807) is 21.3 Å². The Morgan fingerprint density at radius 2 is 1.56 bits per heavy atom. The fraction of sp³-hybridized carbons (Fsp3) is 0.222. The maximum Gasteiger partial charge on any atom is 0.210 e.